The van der Waals surface area contributed by atoms with E-state index in [-0.39, 0.29) is 17.9 Å². The first-order valence-electron chi connectivity index (χ1n) is 7.38. The Morgan fingerprint density at radius 2 is 2.05 bits per heavy atom. The topological polar surface area (TPSA) is 29.1 Å². The summed E-state index contributed by atoms with van der Waals surface area (Å²) < 4.78 is 0. The number of aryl methyl sites for hydroxylation is 1. The van der Waals surface area contributed by atoms with Gasteiger partial charge in [0.15, 0.2) is 0 Å². The number of fused-ring (bicyclic) bond motifs is 1. The Labute approximate surface area is 114 Å². The van der Waals surface area contributed by atoms with Crippen LogP contribution >= 0.6 is 0 Å². The SMILES string of the molecule is O=C(NC1CCCc2ccccc21)C1CC=CCC1. The molecule has 0 bridgehead atoms. The average Bonchev–Trinajstić information content (AvgIpc) is 2.48. The lowest BCUT2D eigenvalue weighted by molar-refractivity contribution is -0.126. The third kappa shape index (κ3) is 2.73. The molecule has 0 fully saturated rings. The maximum atomic E-state index is 12.3. The fourth-order valence-corrected chi connectivity index (χ4v) is 3.23. The molecule has 2 aliphatic carbocycles. The van der Waals surface area contributed by atoms with Gasteiger partial charge in [-0.3, -0.25) is 4.79 Å². The number of amides is 1. The standard InChI is InChI=1S/C17H21NO/c19-17(14-8-2-1-3-9-14)18-16-12-6-10-13-7-4-5-11-15(13)16/h1-2,4-5,7,11,14,16H,3,6,8-10,12H2,(H,18,19). The number of benzene rings is 1. The fourth-order valence-electron chi connectivity index (χ4n) is 3.23. The molecule has 0 saturated carbocycles. The van der Waals surface area contributed by atoms with Gasteiger partial charge >= 0.3 is 0 Å². The molecule has 2 aliphatic rings. The Bertz CT molecular complexity index is 492. The number of carbonyl (C=O) groups is 1. The van der Waals surface area contributed by atoms with Crippen LogP contribution in [0.15, 0.2) is 36.4 Å². The van der Waals surface area contributed by atoms with Gasteiger partial charge in [-0.05, 0) is 49.7 Å². The van der Waals surface area contributed by atoms with Crippen molar-refractivity contribution in [2.24, 2.45) is 5.92 Å². The molecule has 0 radical (unpaired) electrons. The lowest BCUT2D eigenvalue weighted by atomic mass is 9.86. The molecule has 100 valence electrons. The van der Waals surface area contributed by atoms with Crippen LogP contribution in [0, 0.1) is 5.92 Å². The molecule has 0 heterocycles. The van der Waals surface area contributed by atoms with Gasteiger partial charge in [0.2, 0.25) is 5.91 Å². The van der Waals surface area contributed by atoms with Crippen LogP contribution in [0.5, 0.6) is 0 Å². The zero-order chi connectivity index (χ0) is 13.1. The molecule has 1 N–H and O–H groups in total. The molecule has 0 spiro atoms. The Morgan fingerprint density at radius 1 is 1.16 bits per heavy atom. The second-order valence-corrected chi connectivity index (χ2v) is 5.63. The maximum absolute atomic E-state index is 12.3. The van der Waals surface area contributed by atoms with E-state index in [0.29, 0.717) is 0 Å². The van der Waals surface area contributed by atoms with Crippen molar-refractivity contribution in [2.45, 2.75) is 44.6 Å². The first-order valence-corrected chi connectivity index (χ1v) is 7.38. The number of rotatable bonds is 2. The van der Waals surface area contributed by atoms with Crippen molar-refractivity contribution in [1.82, 2.24) is 5.32 Å². The smallest absolute Gasteiger partial charge is 0.223 e. The maximum Gasteiger partial charge on any atom is 0.223 e. The lowest BCUT2D eigenvalue weighted by Crippen LogP contribution is -2.35. The minimum absolute atomic E-state index is 0.180. The van der Waals surface area contributed by atoms with Crippen LogP contribution in [0.1, 0.15) is 49.3 Å². The Hall–Kier alpha value is -1.57. The van der Waals surface area contributed by atoms with Crippen molar-refractivity contribution in [2.75, 3.05) is 0 Å². The van der Waals surface area contributed by atoms with Crippen LogP contribution in [0.25, 0.3) is 0 Å². The van der Waals surface area contributed by atoms with Crippen molar-refractivity contribution in [3.8, 4) is 0 Å². The zero-order valence-electron chi connectivity index (χ0n) is 11.3. The first kappa shape index (κ1) is 12.5. The molecule has 1 aromatic rings. The summed E-state index contributed by atoms with van der Waals surface area (Å²) in [5.41, 5.74) is 2.73. The van der Waals surface area contributed by atoms with Gasteiger partial charge in [-0.15, -0.1) is 0 Å². The van der Waals surface area contributed by atoms with E-state index in [2.05, 4.69) is 41.7 Å². The Morgan fingerprint density at radius 3 is 2.89 bits per heavy atom. The van der Waals surface area contributed by atoms with Crippen molar-refractivity contribution >= 4 is 5.91 Å². The normalized spacial score (nSPS) is 25.7. The minimum atomic E-state index is 0.180. The van der Waals surface area contributed by atoms with Crippen molar-refractivity contribution < 1.29 is 4.79 Å². The third-order valence-electron chi connectivity index (χ3n) is 4.33. The predicted molar refractivity (Wildman–Crippen MR) is 76.7 cm³/mol. The molecule has 2 atom stereocenters. The second-order valence-electron chi connectivity index (χ2n) is 5.63. The highest BCUT2D eigenvalue weighted by molar-refractivity contribution is 5.79. The number of hydrogen-bond acceptors (Lipinski definition) is 1. The summed E-state index contributed by atoms with van der Waals surface area (Å²) in [6.07, 6.45) is 10.7. The highest BCUT2D eigenvalue weighted by Crippen LogP contribution is 2.30. The average molecular weight is 255 g/mol. The zero-order valence-corrected chi connectivity index (χ0v) is 11.3. The summed E-state index contributed by atoms with van der Waals surface area (Å²) in [5.74, 6) is 0.421. The van der Waals surface area contributed by atoms with E-state index >= 15 is 0 Å². The summed E-state index contributed by atoms with van der Waals surface area (Å²) in [7, 11) is 0. The number of allylic oxidation sites excluding steroid dienone is 2. The van der Waals surface area contributed by atoms with Gasteiger partial charge in [-0.25, -0.2) is 0 Å². The number of carbonyl (C=O) groups excluding carboxylic acids is 1. The van der Waals surface area contributed by atoms with Crippen LogP contribution in [0.3, 0.4) is 0 Å². The van der Waals surface area contributed by atoms with E-state index in [9.17, 15) is 4.79 Å². The van der Waals surface area contributed by atoms with Gasteiger partial charge in [-0.1, -0.05) is 36.4 Å². The van der Waals surface area contributed by atoms with Gasteiger partial charge < -0.3 is 5.32 Å². The Kier molecular flexibility index (Phi) is 3.67. The monoisotopic (exact) mass is 255 g/mol. The highest BCUT2D eigenvalue weighted by Gasteiger charge is 2.25. The minimum Gasteiger partial charge on any atom is -0.349 e. The molecule has 1 amide bonds. The highest BCUT2D eigenvalue weighted by atomic mass is 16.1. The molecule has 3 rings (SSSR count). The van der Waals surface area contributed by atoms with Crippen LogP contribution in [0.4, 0.5) is 0 Å². The molecule has 19 heavy (non-hydrogen) atoms. The fraction of sp³-hybridized carbons (Fsp3) is 0.471. The summed E-state index contributed by atoms with van der Waals surface area (Å²) >= 11 is 0. The summed E-state index contributed by atoms with van der Waals surface area (Å²) in [4.78, 5) is 12.3. The lowest BCUT2D eigenvalue weighted by Gasteiger charge is -2.28. The van der Waals surface area contributed by atoms with Gasteiger partial charge in [-0.2, -0.15) is 0 Å². The summed E-state index contributed by atoms with van der Waals surface area (Å²) in [6, 6.07) is 8.75. The van der Waals surface area contributed by atoms with E-state index < -0.39 is 0 Å². The Balaban J connectivity index is 1.70. The van der Waals surface area contributed by atoms with Crippen LogP contribution < -0.4 is 5.32 Å². The summed E-state index contributed by atoms with van der Waals surface area (Å²) in [5, 5.41) is 3.27. The van der Waals surface area contributed by atoms with Crippen LogP contribution in [-0.2, 0) is 11.2 Å². The van der Waals surface area contributed by atoms with Crippen LogP contribution in [-0.4, -0.2) is 5.91 Å². The largest absolute Gasteiger partial charge is 0.349 e. The van der Waals surface area contributed by atoms with Gasteiger partial charge in [0, 0.05) is 5.92 Å². The van der Waals surface area contributed by atoms with E-state index in [1.54, 1.807) is 0 Å². The molecular weight excluding hydrogens is 234 g/mol. The quantitative estimate of drug-likeness (QED) is 0.805. The van der Waals surface area contributed by atoms with Crippen molar-refractivity contribution in [3.05, 3.63) is 47.5 Å². The molecule has 2 heteroatoms. The van der Waals surface area contributed by atoms with E-state index in [1.165, 1.54) is 17.5 Å². The molecular formula is C17H21NO. The first-order chi connectivity index (χ1) is 9.34. The molecule has 0 aromatic heterocycles. The predicted octanol–water partition coefficient (Wildman–Crippen LogP) is 3.54. The third-order valence-corrected chi connectivity index (χ3v) is 4.33. The van der Waals surface area contributed by atoms with Gasteiger partial charge in [0.25, 0.3) is 0 Å². The van der Waals surface area contributed by atoms with Gasteiger partial charge in [0.05, 0.1) is 6.04 Å². The van der Waals surface area contributed by atoms with E-state index in [0.717, 1.165) is 32.1 Å². The number of nitrogens with one attached hydrogen (secondary N) is 1. The molecule has 0 saturated heterocycles. The molecule has 2 unspecified atom stereocenters. The summed E-state index contributed by atoms with van der Waals surface area (Å²) in [6.45, 7) is 0. The second kappa shape index (κ2) is 5.60. The van der Waals surface area contributed by atoms with E-state index in [1.807, 2.05) is 0 Å². The van der Waals surface area contributed by atoms with E-state index in [4.69, 9.17) is 0 Å². The van der Waals surface area contributed by atoms with Gasteiger partial charge in [0.1, 0.15) is 0 Å². The number of hydrogen-bond donors (Lipinski definition) is 1. The van der Waals surface area contributed by atoms with Crippen molar-refractivity contribution in [3.63, 3.8) is 0 Å². The van der Waals surface area contributed by atoms with Crippen LogP contribution in [0.2, 0.25) is 0 Å². The molecule has 1 aromatic carbocycles. The van der Waals surface area contributed by atoms with Crippen molar-refractivity contribution in [1.29, 1.82) is 0 Å². The molecule has 0 aliphatic heterocycles. The molecule has 2 nitrogen and oxygen atoms in total.